The summed E-state index contributed by atoms with van der Waals surface area (Å²) in [4.78, 5) is 9.96. The molecule has 1 N–H and O–H groups in total. The maximum absolute atomic E-state index is 9.96. The van der Waals surface area contributed by atoms with Gasteiger partial charge in [-0.05, 0) is 25.2 Å². The Balaban J connectivity index is 2.21. The minimum Gasteiger partial charge on any atom is -0.356 e. The van der Waals surface area contributed by atoms with Crippen molar-refractivity contribution in [3.8, 4) is 0 Å². The van der Waals surface area contributed by atoms with Gasteiger partial charge in [0.25, 0.3) is 0 Å². The highest BCUT2D eigenvalue weighted by Gasteiger charge is 2.19. The van der Waals surface area contributed by atoms with E-state index in [9.17, 15) is 4.79 Å². The van der Waals surface area contributed by atoms with E-state index in [0.717, 1.165) is 12.3 Å². The number of carbonyl (C=O) groups is 1. The first-order valence-electron chi connectivity index (χ1n) is 3.52. The molecule has 9 heavy (non-hydrogen) atoms. The Morgan fingerprint density at radius 1 is 1.56 bits per heavy atom. The Labute approximate surface area is 55.6 Å². The largest absolute Gasteiger partial charge is 0.356 e. The molecule has 2 atom stereocenters. The average molecular weight is 127 g/mol. The first kappa shape index (κ1) is 6.59. The minimum absolute atomic E-state index is 0.470. The lowest BCUT2D eigenvalue weighted by Crippen LogP contribution is -2.24. The second-order valence-electron chi connectivity index (χ2n) is 2.90. The molecular weight excluding hydrogens is 114 g/mol. The van der Waals surface area contributed by atoms with E-state index in [1.165, 1.54) is 19.3 Å². The van der Waals surface area contributed by atoms with E-state index in [-0.39, 0.29) is 0 Å². The molecule has 1 aliphatic rings. The fourth-order valence-corrected chi connectivity index (χ4v) is 1.45. The maximum atomic E-state index is 9.96. The number of carbonyl (C=O) groups excluding carboxylic acids is 1. The molecule has 2 nitrogen and oxygen atoms in total. The monoisotopic (exact) mass is 127 g/mol. The van der Waals surface area contributed by atoms with Crippen molar-refractivity contribution in [3.63, 3.8) is 0 Å². The van der Waals surface area contributed by atoms with Gasteiger partial charge in [0.15, 0.2) is 0 Å². The summed E-state index contributed by atoms with van der Waals surface area (Å²) in [5, 5.41) is 2.79. The molecule has 0 saturated heterocycles. The minimum atomic E-state index is 0.470. The molecule has 0 heterocycles. The number of hydrogen-bond acceptors (Lipinski definition) is 1. The Bertz CT molecular complexity index is 103. The first-order chi connectivity index (χ1) is 4.33. The average Bonchev–Trinajstić information content (AvgIpc) is 2.17. The maximum Gasteiger partial charge on any atom is 0.207 e. The van der Waals surface area contributed by atoms with E-state index >= 15 is 0 Å². The first-order valence-corrected chi connectivity index (χ1v) is 3.52. The molecule has 1 unspecified atom stereocenters. The molecule has 0 aromatic heterocycles. The predicted molar refractivity (Wildman–Crippen MR) is 36.0 cm³/mol. The molecule has 1 amide bonds. The third kappa shape index (κ3) is 1.70. The summed E-state index contributed by atoms with van der Waals surface area (Å²) in [5.41, 5.74) is 0. The van der Waals surface area contributed by atoms with Crippen LogP contribution in [0.15, 0.2) is 0 Å². The Morgan fingerprint density at radius 3 is 2.78 bits per heavy atom. The summed E-state index contributed by atoms with van der Waals surface area (Å²) in [7, 11) is 0. The van der Waals surface area contributed by atoms with Crippen LogP contribution in [0.2, 0.25) is 0 Å². The summed E-state index contributed by atoms with van der Waals surface area (Å²) in [6, 6.07) is 0.470. The van der Waals surface area contributed by atoms with Gasteiger partial charge in [0, 0.05) is 6.04 Å². The third-order valence-electron chi connectivity index (χ3n) is 2.00. The van der Waals surface area contributed by atoms with Crippen LogP contribution in [0.5, 0.6) is 0 Å². The molecule has 0 bridgehead atoms. The van der Waals surface area contributed by atoms with Gasteiger partial charge in [0.05, 0.1) is 0 Å². The van der Waals surface area contributed by atoms with Crippen LogP contribution < -0.4 is 5.32 Å². The van der Waals surface area contributed by atoms with Crippen LogP contribution in [0.1, 0.15) is 26.2 Å². The highest BCUT2D eigenvalue weighted by atomic mass is 16.1. The molecule has 1 saturated carbocycles. The summed E-state index contributed by atoms with van der Waals surface area (Å²) in [6.45, 7) is 2.23. The van der Waals surface area contributed by atoms with Gasteiger partial charge in [-0.2, -0.15) is 0 Å². The smallest absolute Gasteiger partial charge is 0.207 e. The van der Waals surface area contributed by atoms with Crippen molar-refractivity contribution in [2.45, 2.75) is 32.2 Å². The molecule has 1 rings (SSSR count). The normalized spacial score (nSPS) is 34.3. The van der Waals surface area contributed by atoms with E-state index < -0.39 is 0 Å². The zero-order valence-corrected chi connectivity index (χ0v) is 5.76. The van der Waals surface area contributed by atoms with E-state index in [2.05, 4.69) is 12.2 Å². The second kappa shape index (κ2) is 2.85. The van der Waals surface area contributed by atoms with Gasteiger partial charge in [0.1, 0.15) is 0 Å². The molecular formula is C7H13NO. The van der Waals surface area contributed by atoms with Gasteiger partial charge >= 0.3 is 0 Å². The molecule has 1 aliphatic carbocycles. The van der Waals surface area contributed by atoms with Crippen LogP contribution >= 0.6 is 0 Å². The van der Waals surface area contributed by atoms with Crippen LogP contribution in [0.4, 0.5) is 0 Å². The van der Waals surface area contributed by atoms with Crippen LogP contribution in [0, 0.1) is 5.92 Å². The van der Waals surface area contributed by atoms with Crippen LogP contribution in [0.25, 0.3) is 0 Å². The number of amides is 1. The van der Waals surface area contributed by atoms with E-state index in [4.69, 9.17) is 0 Å². The SMILES string of the molecule is CC1CC[C@H](NC=O)C1. The number of nitrogens with one attached hydrogen (secondary N) is 1. The lowest BCUT2D eigenvalue weighted by atomic mass is 10.1. The highest BCUT2D eigenvalue weighted by Crippen LogP contribution is 2.23. The van der Waals surface area contributed by atoms with E-state index in [0.29, 0.717) is 6.04 Å². The Hall–Kier alpha value is -0.530. The Morgan fingerprint density at radius 2 is 2.33 bits per heavy atom. The summed E-state index contributed by atoms with van der Waals surface area (Å²) < 4.78 is 0. The van der Waals surface area contributed by atoms with Gasteiger partial charge in [0.2, 0.25) is 6.41 Å². The second-order valence-corrected chi connectivity index (χ2v) is 2.90. The summed E-state index contributed by atoms with van der Waals surface area (Å²) in [6.07, 6.45) is 4.41. The lowest BCUT2D eigenvalue weighted by Gasteiger charge is -2.05. The van der Waals surface area contributed by atoms with Crippen molar-refractivity contribution in [1.29, 1.82) is 0 Å². The highest BCUT2D eigenvalue weighted by molar-refractivity contribution is 5.46. The Kier molecular flexibility index (Phi) is 2.09. The van der Waals surface area contributed by atoms with Crippen molar-refractivity contribution < 1.29 is 4.79 Å². The fourth-order valence-electron chi connectivity index (χ4n) is 1.45. The zero-order valence-electron chi connectivity index (χ0n) is 5.76. The lowest BCUT2D eigenvalue weighted by molar-refractivity contribution is -0.110. The van der Waals surface area contributed by atoms with Crippen LogP contribution in [-0.2, 0) is 4.79 Å². The molecule has 0 radical (unpaired) electrons. The fraction of sp³-hybridized carbons (Fsp3) is 0.857. The molecule has 1 fully saturated rings. The summed E-state index contributed by atoms with van der Waals surface area (Å²) >= 11 is 0. The van der Waals surface area contributed by atoms with Gasteiger partial charge < -0.3 is 5.32 Å². The molecule has 0 aliphatic heterocycles. The van der Waals surface area contributed by atoms with Gasteiger partial charge in [-0.25, -0.2) is 0 Å². The van der Waals surface area contributed by atoms with Crippen molar-refractivity contribution in [2.75, 3.05) is 0 Å². The van der Waals surface area contributed by atoms with Crippen LogP contribution in [0.3, 0.4) is 0 Å². The van der Waals surface area contributed by atoms with Crippen LogP contribution in [-0.4, -0.2) is 12.5 Å². The molecule has 52 valence electrons. The van der Waals surface area contributed by atoms with E-state index in [1.807, 2.05) is 0 Å². The predicted octanol–water partition coefficient (Wildman–Crippen LogP) is 0.921. The third-order valence-corrected chi connectivity index (χ3v) is 2.00. The molecule has 2 heteroatoms. The topological polar surface area (TPSA) is 29.1 Å². The van der Waals surface area contributed by atoms with Crippen molar-refractivity contribution in [3.05, 3.63) is 0 Å². The van der Waals surface area contributed by atoms with Crippen molar-refractivity contribution in [1.82, 2.24) is 5.32 Å². The zero-order chi connectivity index (χ0) is 6.69. The standard InChI is InChI=1S/C7H13NO/c1-6-2-3-7(4-6)8-5-9/h5-7H,2-4H2,1H3,(H,8,9)/t6?,7-/m0/s1. The molecule has 0 aromatic rings. The summed E-state index contributed by atoms with van der Waals surface area (Å²) in [5.74, 6) is 0.808. The van der Waals surface area contributed by atoms with E-state index in [1.54, 1.807) is 0 Å². The van der Waals surface area contributed by atoms with Gasteiger partial charge in [-0.3, -0.25) is 4.79 Å². The quantitative estimate of drug-likeness (QED) is 0.549. The van der Waals surface area contributed by atoms with Gasteiger partial charge in [-0.1, -0.05) is 6.92 Å². The van der Waals surface area contributed by atoms with Crippen molar-refractivity contribution >= 4 is 6.41 Å². The number of hydrogen-bond donors (Lipinski definition) is 1. The van der Waals surface area contributed by atoms with Crippen molar-refractivity contribution in [2.24, 2.45) is 5.92 Å². The molecule has 0 spiro atoms. The molecule has 0 aromatic carbocycles. The number of rotatable bonds is 2. The van der Waals surface area contributed by atoms with Gasteiger partial charge in [-0.15, -0.1) is 0 Å².